The van der Waals surface area contributed by atoms with Crippen molar-refractivity contribution in [3.8, 4) is 0 Å². The number of carbonyl (C=O) groups excluding carboxylic acids is 2. The number of benzene rings is 1. The van der Waals surface area contributed by atoms with Crippen LogP contribution < -0.4 is 5.73 Å². The number of aliphatic carboxylic acids is 2. The van der Waals surface area contributed by atoms with Crippen molar-refractivity contribution >= 4 is 23.8 Å². The van der Waals surface area contributed by atoms with Crippen LogP contribution in [0.4, 0.5) is 26.3 Å². The summed E-state index contributed by atoms with van der Waals surface area (Å²) >= 11 is 0. The number of fused-ring (bicyclic) bond motifs is 1. The molecule has 0 bridgehead atoms. The molecule has 2 aromatic rings. The van der Waals surface area contributed by atoms with Crippen LogP contribution in [0.1, 0.15) is 34.0 Å². The highest BCUT2D eigenvalue weighted by Gasteiger charge is 2.42. The molecule has 0 fully saturated rings. The van der Waals surface area contributed by atoms with Crippen molar-refractivity contribution in [3.63, 3.8) is 0 Å². The number of esters is 1. The Balaban J connectivity index is 0.000000611. The molecular formula is C23H22F6N4O7. The highest BCUT2D eigenvalue weighted by molar-refractivity contribution is 5.90. The molecule has 1 aliphatic rings. The Kier molecular flexibility index (Phi) is 10.4. The SMILES string of the molecule is COC(=O)c1nc(C(F)(F)F)n2c1CN(C(=O)C[C@H](N)Cc1cc(F)c(F)cc1F)CC2.O=C(O)/C=C\C(=O)O. The van der Waals surface area contributed by atoms with Crippen molar-refractivity contribution in [1.29, 1.82) is 0 Å². The van der Waals surface area contributed by atoms with E-state index in [9.17, 15) is 45.5 Å². The molecule has 0 aliphatic carbocycles. The van der Waals surface area contributed by atoms with E-state index in [2.05, 4.69) is 9.72 Å². The number of aromatic nitrogens is 2. The van der Waals surface area contributed by atoms with E-state index in [1.165, 1.54) is 4.90 Å². The van der Waals surface area contributed by atoms with Gasteiger partial charge in [0.25, 0.3) is 0 Å². The third-order valence-corrected chi connectivity index (χ3v) is 5.37. The fraction of sp³-hybridized carbons (Fsp3) is 0.348. The number of carbonyl (C=O) groups is 4. The Bertz CT molecular complexity index is 1310. The van der Waals surface area contributed by atoms with Gasteiger partial charge in [-0.15, -0.1) is 0 Å². The third kappa shape index (κ3) is 8.29. The number of carboxylic acid groups (broad SMARTS) is 2. The predicted molar refractivity (Wildman–Crippen MR) is 121 cm³/mol. The number of halogens is 6. The molecule has 40 heavy (non-hydrogen) atoms. The fourth-order valence-corrected chi connectivity index (χ4v) is 3.63. The molecule has 4 N–H and O–H groups in total. The largest absolute Gasteiger partial charge is 0.478 e. The van der Waals surface area contributed by atoms with Crippen LogP contribution in [-0.4, -0.2) is 68.2 Å². The second-order valence-electron chi connectivity index (χ2n) is 8.22. The molecule has 0 spiro atoms. The van der Waals surface area contributed by atoms with Crippen molar-refractivity contribution < 1.29 is 60.5 Å². The van der Waals surface area contributed by atoms with Crippen molar-refractivity contribution in [2.75, 3.05) is 13.7 Å². The summed E-state index contributed by atoms with van der Waals surface area (Å²) in [7, 11) is 0.990. The van der Waals surface area contributed by atoms with Crippen LogP contribution in [0.3, 0.4) is 0 Å². The molecule has 0 unspecified atom stereocenters. The number of hydrogen-bond acceptors (Lipinski definition) is 7. The number of hydrogen-bond donors (Lipinski definition) is 3. The zero-order valence-corrected chi connectivity index (χ0v) is 20.5. The lowest BCUT2D eigenvalue weighted by Gasteiger charge is -2.30. The van der Waals surface area contributed by atoms with E-state index in [1.807, 2.05) is 0 Å². The van der Waals surface area contributed by atoms with Crippen LogP contribution in [0.15, 0.2) is 24.3 Å². The van der Waals surface area contributed by atoms with Gasteiger partial charge in [-0.25, -0.2) is 32.5 Å². The first-order chi connectivity index (χ1) is 18.5. The first kappa shape index (κ1) is 31.8. The van der Waals surface area contributed by atoms with Gasteiger partial charge in [0.15, 0.2) is 17.3 Å². The van der Waals surface area contributed by atoms with Crippen LogP contribution in [0.5, 0.6) is 0 Å². The summed E-state index contributed by atoms with van der Waals surface area (Å²) < 4.78 is 85.3. The minimum Gasteiger partial charge on any atom is -0.478 e. The van der Waals surface area contributed by atoms with Crippen molar-refractivity contribution in [2.45, 2.75) is 38.1 Å². The highest BCUT2D eigenvalue weighted by Crippen LogP contribution is 2.32. The summed E-state index contributed by atoms with van der Waals surface area (Å²) in [5.74, 6) is -9.08. The maximum atomic E-state index is 13.8. The van der Waals surface area contributed by atoms with Gasteiger partial charge in [-0.3, -0.25) is 4.79 Å². The van der Waals surface area contributed by atoms with Crippen LogP contribution >= 0.6 is 0 Å². The van der Waals surface area contributed by atoms with Crippen LogP contribution in [0, 0.1) is 17.5 Å². The number of methoxy groups -OCH3 is 1. The lowest BCUT2D eigenvalue weighted by molar-refractivity contribution is -0.148. The van der Waals surface area contributed by atoms with Gasteiger partial charge in [0.2, 0.25) is 11.7 Å². The molecule has 1 aliphatic heterocycles. The van der Waals surface area contributed by atoms with E-state index in [0.29, 0.717) is 24.3 Å². The maximum Gasteiger partial charge on any atom is 0.449 e. The van der Waals surface area contributed by atoms with Gasteiger partial charge >= 0.3 is 24.1 Å². The van der Waals surface area contributed by atoms with Gasteiger partial charge in [0, 0.05) is 43.8 Å². The molecule has 218 valence electrons. The monoisotopic (exact) mass is 580 g/mol. The van der Waals surface area contributed by atoms with E-state index >= 15 is 0 Å². The number of carboxylic acids is 2. The molecule has 17 heteroatoms. The number of rotatable bonds is 7. The summed E-state index contributed by atoms with van der Waals surface area (Å²) in [5.41, 5.74) is 4.95. The average Bonchev–Trinajstić information content (AvgIpc) is 3.25. The molecule has 1 aromatic carbocycles. The first-order valence-electron chi connectivity index (χ1n) is 11.1. The number of nitrogens with two attached hydrogens (primary N) is 1. The number of imidazole rings is 1. The van der Waals surface area contributed by atoms with Crippen molar-refractivity contribution in [2.24, 2.45) is 5.73 Å². The van der Waals surface area contributed by atoms with Gasteiger partial charge in [0.05, 0.1) is 19.3 Å². The lowest BCUT2D eigenvalue weighted by Crippen LogP contribution is -2.42. The van der Waals surface area contributed by atoms with E-state index < -0.39 is 65.0 Å². The molecular weight excluding hydrogens is 558 g/mol. The second kappa shape index (κ2) is 13.1. The molecule has 2 heterocycles. The van der Waals surface area contributed by atoms with Gasteiger partial charge in [-0.2, -0.15) is 13.2 Å². The van der Waals surface area contributed by atoms with E-state index in [4.69, 9.17) is 15.9 Å². The van der Waals surface area contributed by atoms with Crippen LogP contribution in [-0.2, 0) is 44.8 Å². The van der Waals surface area contributed by atoms with Gasteiger partial charge in [-0.05, 0) is 18.1 Å². The molecule has 0 radical (unpaired) electrons. The Morgan fingerprint density at radius 2 is 1.62 bits per heavy atom. The van der Waals surface area contributed by atoms with E-state index in [-0.39, 0.29) is 43.7 Å². The molecule has 0 saturated heterocycles. The van der Waals surface area contributed by atoms with Crippen molar-refractivity contribution in [1.82, 2.24) is 14.5 Å². The molecule has 1 aromatic heterocycles. The van der Waals surface area contributed by atoms with E-state index in [0.717, 1.165) is 11.7 Å². The highest BCUT2D eigenvalue weighted by atomic mass is 19.4. The van der Waals surface area contributed by atoms with Crippen molar-refractivity contribution in [3.05, 3.63) is 64.5 Å². The van der Waals surface area contributed by atoms with E-state index in [1.54, 1.807) is 0 Å². The smallest absolute Gasteiger partial charge is 0.449 e. The predicted octanol–water partition coefficient (Wildman–Crippen LogP) is 2.12. The summed E-state index contributed by atoms with van der Waals surface area (Å²) in [4.78, 5) is 48.2. The molecule has 1 amide bonds. The standard InChI is InChI=1S/C19H18F6N4O3.C4H4O4/c1-32-17(31)16-14-8-28(2-3-29(14)18(27-16)19(23,24)25)15(30)6-10(26)4-9-5-12(21)13(22)7-11(9)20;5-3(6)1-2-4(7)8/h5,7,10H,2-4,6,8,26H2,1H3;1-2H,(H,5,6)(H,7,8)/b;2-1-/t10-;/m1./s1. The number of nitrogens with zero attached hydrogens (tertiary/aromatic N) is 3. The Morgan fingerprint density at radius 3 is 2.15 bits per heavy atom. The summed E-state index contributed by atoms with van der Waals surface area (Å²) in [6.45, 7) is -0.732. The number of amides is 1. The van der Waals surface area contributed by atoms with Crippen LogP contribution in [0.2, 0.25) is 0 Å². The normalized spacial score (nSPS) is 13.8. The van der Waals surface area contributed by atoms with Gasteiger partial charge < -0.3 is 30.2 Å². The molecule has 3 rings (SSSR count). The topological polar surface area (TPSA) is 165 Å². The minimum absolute atomic E-state index is 0.113. The summed E-state index contributed by atoms with van der Waals surface area (Å²) in [5, 5.41) is 15.6. The molecule has 0 saturated carbocycles. The molecule has 1 atom stereocenters. The Labute approximate surface area is 221 Å². The maximum absolute atomic E-state index is 13.8. The Morgan fingerprint density at radius 1 is 1.05 bits per heavy atom. The summed E-state index contributed by atoms with van der Waals surface area (Å²) in [6, 6.07) is 0.0485. The molecule has 11 nitrogen and oxygen atoms in total. The zero-order valence-electron chi connectivity index (χ0n) is 20.5. The second-order valence-corrected chi connectivity index (χ2v) is 8.22. The fourth-order valence-electron chi connectivity index (χ4n) is 3.63. The average molecular weight is 580 g/mol. The minimum atomic E-state index is -4.82. The Hall–Kier alpha value is -4.41. The zero-order chi connectivity index (χ0) is 30.4. The summed E-state index contributed by atoms with van der Waals surface area (Å²) in [6.07, 6.45) is -4.31. The quantitative estimate of drug-likeness (QED) is 0.193. The van der Waals surface area contributed by atoms with Crippen LogP contribution in [0.25, 0.3) is 0 Å². The number of alkyl halides is 3. The van der Waals surface area contributed by atoms with Gasteiger partial charge in [-0.1, -0.05) is 0 Å². The lowest BCUT2D eigenvalue weighted by atomic mass is 10.0. The van der Waals surface area contributed by atoms with Gasteiger partial charge in [0.1, 0.15) is 5.82 Å². The number of ether oxygens (including phenoxy) is 1. The third-order valence-electron chi connectivity index (χ3n) is 5.37. The first-order valence-corrected chi connectivity index (χ1v) is 11.1.